The number of benzene rings is 2. The highest BCUT2D eigenvalue weighted by Gasteiger charge is 2.16. The summed E-state index contributed by atoms with van der Waals surface area (Å²) in [6, 6.07) is 13.3. The lowest BCUT2D eigenvalue weighted by molar-refractivity contribution is 0.251. The van der Waals surface area contributed by atoms with Crippen LogP contribution in [-0.4, -0.2) is 33.0 Å². The molecule has 0 spiro atoms. The Morgan fingerprint density at radius 1 is 1.04 bits per heavy atom. The van der Waals surface area contributed by atoms with Crippen LogP contribution in [0.4, 0.5) is 4.39 Å². The van der Waals surface area contributed by atoms with Crippen LogP contribution in [0, 0.1) is 5.82 Å². The molecular weight excluding hydrogens is 327 g/mol. The van der Waals surface area contributed by atoms with Crippen LogP contribution in [0.1, 0.15) is 17.5 Å². The first-order valence-electron chi connectivity index (χ1n) is 8.09. The molecule has 0 saturated heterocycles. The van der Waals surface area contributed by atoms with Gasteiger partial charge in [-0.3, -0.25) is 4.90 Å². The Morgan fingerprint density at radius 3 is 2.50 bits per heavy atom. The first-order valence-corrected chi connectivity index (χ1v) is 9.57. The summed E-state index contributed by atoms with van der Waals surface area (Å²) in [5.74, 6) is -0.445. The number of halogens is 1. The molecule has 0 bridgehead atoms. The van der Waals surface area contributed by atoms with Gasteiger partial charge in [-0.15, -0.1) is 0 Å². The van der Waals surface area contributed by atoms with Crippen molar-refractivity contribution in [1.29, 1.82) is 0 Å². The first-order chi connectivity index (χ1) is 11.5. The van der Waals surface area contributed by atoms with Crippen molar-refractivity contribution in [3.05, 3.63) is 65.5 Å². The molecule has 0 radical (unpaired) electrons. The van der Waals surface area contributed by atoms with E-state index in [1.54, 1.807) is 0 Å². The number of sulfonamides is 1. The summed E-state index contributed by atoms with van der Waals surface area (Å²) in [7, 11) is -3.56. The molecule has 4 nitrogen and oxygen atoms in total. The normalized spacial score (nSPS) is 15.2. The predicted molar refractivity (Wildman–Crippen MR) is 91.6 cm³/mol. The van der Waals surface area contributed by atoms with Crippen molar-refractivity contribution in [3.63, 3.8) is 0 Å². The van der Waals surface area contributed by atoms with Crippen molar-refractivity contribution in [3.8, 4) is 0 Å². The van der Waals surface area contributed by atoms with E-state index in [0.717, 1.165) is 44.6 Å². The summed E-state index contributed by atoms with van der Waals surface area (Å²) >= 11 is 0. The molecule has 0 aliphatic carbocycles. The lowest BCUT2D eigenvalue weighted by atomic mass is 10.00. The van der Waals surface area contributed by atoms with Crippen molar-refractivity contribution < 1.29 is 12.8 Å². The van der Waals surface area contributed by atoms with E-state index < -0.39 is 15.8 Å². The Morgan fingerprint density at radius 2 is 1.75 bits per heavy atom. The Hall–Kier alpha value is -1.76. The van der Waals surface area contributed by atoms with Crippen molar-refractivity contribution in [2.24, 2.45) is 0 Å². The average Bonchev–Trinajstić information content (AvgIpc) is 2.59. The molecule has 6 heteroatoms. The molecule has 1 N–H and O–H groups in total. The highest BCUT2D eigenvalue weighted by atomic mass is 32.2. The Bertz CT molecular complexity index is 791. The summed E-state index contributed by atoms with van der Waals surface area (Å²) in [6.07, 6.45) is 1.78. The van der Waals surface area contributed by atoms with Gasteiger partial charge in [0.1, 0.15) is 5.82 Å². The molecule has 2 aromatic carbocycles. The lowest BCUT2D eigenvalue weighted by Crippen LogP contribution is -2.33. The fourth-order valence-corrected chi connectivity index (χ4v) is 4.03. The maximum absolute atomic E-state index is 12.9. The number of hydrogen-bond donors (Lipinski definition) is 1. The second-order valence-corrected chi connectivity index (χ2v) is 7.77. The molecule has 1 aliphatic rings. The van der Waals surface area contributed by atoms with Gasteiger partial charge >= 0.3 is 0 Å². The lowest BCUT2D eigenvalue weighted by Gasteiger charge is -2.28. The Kier molecular flexibility index (Phi) is 5.28. The van der Waals surface area contributed by atoms with Crippen molar-refractivity contribution in [2.75, 3.05) is 19.6 Å². The molecule has 0 atom stereocenters. The standard InChI is InChI=1S/C18H21FN2O2S/c19-17-6-8-18(9-7-17)24(22,23)20-11-3-12-21-13-10-15-4-1-2-5-16(15)14-21/h1-2,4-9,20H,3,10-14H2. The van der Waals surface area contributed by atoms with E-state index in [1.165, 1.54) is 23.3 Å². The van der Waals surface area contributed by atoms with Crippen LogP contribution < -0.4 is 4.72 Å². The van der Waals surface area contributed by atoms with Crippen LogP contribution in [0.2, 0.25) is 0 Å². The van der Waals surface area contributed by atoms with Gasteiger partial charge in [0.15, 0.2) is 0 Å². The van der Waals surface area contributed by atoms with Crippen LogP contribution in [0.25, 0.3) is 0 Å². The second kappa shape index (κ2) is 7.42. The molecule has 128 valence electrons. The molecule has 0 amide bonds. The van der Waals surface area contributed by atoms with Gasteiger partial charge in [-0.2, -0.15) is 0 Å². The molecule has 24 heavy (non-hydrogen) atoms. The zero-order valence-electron chi connectivity index (χ0n) is 13.4. The first kappa shape index (κ1) is 17.1. The number of rotatable bonds is 6. The average molecular weight is 348 g/mol. The van der Waals surface area contributed by atoms with Crippen LogP contribution in [-0.2, 0) is 23.0 Å². The predicted octanol–water partition coefficient (Wildman–Crippen LogP) is 2.55. The third kappa shape index (κ3) is 4.20. The maximum Gasteiger partial charge on any atom is 0.240 e. The minimum atomic E-state index is -3.56. The molecule has 1 heterocycles. The van der Waals surface area contributed by atoms with E-state index in [4.69, 9.17) is 0 Å². The van der Waals surface area contributed by atoms with Gasteiger partial charge in [-0.05, 0) is 54.8 Å². The van der Waals surface area contributed by atoms with Crippen molar-refractivity contribution in [2.45, 2.75) is 24.3 Å². The van der Waals surface area contributed by atoms with Crippen molar-refractivity contribution in [1.82, 2.24) is 9.62 Å². The summed E-state index contributed by atoms with van der Waals surface area (Å²) in [6.45, 7) is 3.14. The zero-order chi connectivity index (χ0) is 17.0. The topological polar surface area (TPSA) is 49.4 Å². The smallest absolute Gasteiger partial charge is 0.240 e. The maximum atomic E-state index is 12.9. The van der Waals surface area contributed by atoms with Gasteiger partial charge in [0.2, 0.25) is 10.0 Å². The van der Waals surface area contributed by atoms with Gasteiger partial charge in [0.05, 0.1) is 4.90 Å². The SMILES string of the molecule is O=S(=O)(NCCCN1CCc2ccccc2C1)c1ccc(F)cc1. The molecule has 1 aliphatic heterocycles. The molecular formula is C18H21FN2O2S. The third-order valence-electron chi connectivity index (χ3n) is 4.28. The largest absolute Gasteiger partial charge is 0.299 e. The van der Waals surface area contributed by atoms with Crippen LogP contribution >= 0.6 is 0 Å². The van der Waals surface area contributed by atoms with Crippen LogP contribution in [0.15, 0.2) is 53.4 Å². The van der Waals surface area contributed by atoms with E-state index in [1.807, 2.05) is 0 Å². The summed E-state index contributed by atoms with van der Waals surface area (Å²) in [4.78, 5) is 2.44. The van der Waals surface area contributed by atoms with Gasteiger partial charge in [0.25, 0.3) is 0 Å². The van der Waals surface area contributed by atoms with Crippen LogP contribution in [0.5, 0.6) is 0 Å². The van der Waals surface area contributed by atoms with E-state index >= 15 is 0 Å². The monoisotopic (exact) mass is 348 g/mol. The highest BCUT2D eigenvalue weighted by molar-refractivity contribution is 7.89. The molecule has 0 fully saturated rings. The zero-order valence-corrected chi connectivity index (χ0v) is 14.2. The van der Waals surface area contributed by atoms with Gasteiger partial charge in [0, 0.05) is 19.6 Å². The number of nitrogens with zero attached hydrogens (tertiary/aromatic N) is 1. The molecule has 0 unspecified atom stereocenters. The number of nitrogens with one attached hydrogen (secondary N) is 1. The third-order valence-corrected chi connectivity index (χ3v) is 5.75. The number of hydrogen-bond acceptors (Lipinski definition) is 3. The van der Waals surface area contributed by atoms with E-state index in [-0.39, 0.29) is 4.90 Å². The Labute approximate surface area is 142 Å². The highest BCUT2D eigenvalue weighted by Crippen LogP contribution is 2.18. The summed E-state index contributed by atoms with van der Waals surface area (Å²) in [5, 5.41) is 0. The molecule has 3 rings (SSSR count). The summed E-state index contributed by atoms with van der Waals surface area (Å²) in [5.41, 5.74) is 2.77. The van der Waals surface area contributed by atoms with E-state index in [2.05, 4.69) is 33.9 Å². The number of fused-ring (bicyclic) bond motifs is 1. The quantitative estimate of drug-likeness (QED) is 0.816. The Balaban J connectivity index is 1.47. The summed E-state index contributed by atoms with van der Waals surface area (Å²) < 4.78 is 39.7. The molecule has 0 aromatic heterocycles. The van der Waals surface area contributed by atoms with E-state index in [9.17, 15) is 12.8 Å². The minimum Gasteiger partial charge on any atom is -0.299 e. The van der Waals surface area contributed by atoms with Gasteiger partial charge in [-0.25, -0.2) is 17.5 Å². The van der Waals surface area contributed by atoms with Gasteiger partial charge in [-0.1, -0.05) is 24.3 Å². The molecule has 0 saturated carbocycles. The van der Waals surface area contributed by atoms with E-state index in [0.29, 0.717) is 6.54 Å². The van der Waals surface area contributed by atoms with Crippen LogP contribution in [0.3, 0.4) is 0 Å². The fraction of sp³-hybridized carbons (Fsp3) is 0.333. The minimum absolute atomic E-state index is 0.0933. The fourth-order valence-electron chi connectivity index (χ4n) is 2.95. The molecule has 2 aromatic rings. The van der Waals surface area contributed by atoms with Crippen molar-refractivity contribution >= 4 is 10.0 Å². The second-order valence-electron chi connectivity index (χ2n) is 6.00. The van der Waals surface area contributed by atoms with Gasteiger partial charge < -0.3 is 0 Å².